The normalized spacial score (nSPS) is 16.8. The number of pyridine rings is 1. The van der Waals surface area contributed by atoms with Crippen molar-refractivity contribution in [3.63, 3.8) is 0 Å². The van der Waals surface area contributed by atoms with Crippen LogP contribution in [0.25, 0.3) is 11.2 Å². The van der Waals surface area contributed by atoms with Crippen LogP contribution in [0.2, 0.25) is 0 Å². The van der Waals surface area contributed by atoms with Crippen molar-refractivity contribution in [1.29, 1.82) is 0 Å². The molecule has 0 amide bonds. The highest BCUT2D eigenvalue weighted by Crippen LogP contribution is 2.33. The van der Waals surface area contributed by atoms with Crippen LogP contribution >= 0.6 is 0 Å². The number of carbonyl (C=O) groups is 1. The zero-order valence-electron chi connectivity index (χ0n) is 23.3. The molecule has 12 nitrogen and oxygen atoms in total. The molecule has 2 aliphatic rings. The van der Waals surface area contributed by atoms with Crippen LogP contribution in [0.15, 0.2) is 53.9 Å². The Balaban J connectivity index is 1.16. The van der Waals surface area contributed by atoms with E-state index in [1.54, 1.807) is 0 Å². The minimum atomic E-state index is -4.64. The van der Waals surface area contributed by atoms with Gasteiger partial charge in [0.15, 0.2) is 17.0 Å². The number of aromatic nitrogens is 5. The van der Waals surface area contributed by atoms with Crippen molar-refractivity contribution < 1.29 is 31.5 Å². The molecule has 0 radical (unpaired) electrons. The molecule has 1 saturated heterocycles. The summed E-state index contributed by atoms with van der Waals surface area (Å²) in [5.41, 5.74) is 2.04. The number of hydrogen-bond acceptors (Lipinski definition) is 9. The summed E-state index contributed by atoms with van der Waals surface area (Å²) in [6.45, 7) is 1.94. The summed E-state index contributed by atoms with van der Waals surface area (Å²) in [7, 11) is -4.46. The van der Waals surface area contributed by atoms with Gasteiger partial charge in [0.25, 0.3) is 0 Å². The number of anilines is 2. The highest BCUT2D eigenvalue weighted by Gasteiger charge is 2.32. The number of aliphatic carboxylic acids is 1. The summed E-state index contributed by atoms with van der Waals surface area (Å²) < 4.78 is 67.8. The Morgan fingerprint density at radius 1 is 1.09 bits per heavy atom. The van der Waals surface area contributed by atoms with Crippen LogP contribution < -0.4 is 14.9 Å². The van der Waals surface area contributed by atoms with Crippen molar-refractivity contribution >= 4 is 38.8 Å². The molecule has 1 atom stereocenters. The molecule has 0 aliphatic carbocycles. The molecular weight excluding hydrogens is 601 g/mol. The molecule has 1 aromatic carbocycles. The number of carboxylic acids is 1. The molecule has 232 valence electrons. The number of nitrogens with one attached hydrogen (secondary N) is 2. The number of hydrogen-bond donors (Lipinski definition) is 3. The number of piperidine rings is 1. The summed E-state index contributed by atoms with van der Waals surface area (Å²) in [6, 6.07) is 5.40. The predicted octanol–water partition coefficient (Wildman–Crippen LogP) is 3.41. The molecule has 6 rings (SSSR count). The van der Waals surface area contributed by atoms with Gasteiger partial charge in [0.2, 0.25) is 10.0 Å². The van der Waals surface area contributed by atoms with Crippen LogP contribution in [0.5, 0.6) is 0 Å². The highest BCUT2D eigenvalue weighted by molar-refractivity contribution is 7.89. The average Bonchev–Trinajstić information content (AvgIpc) is 3.43. The van der Waals surface area contributed by atoms with Crippen molar-refractivity contribution in [3.8, 4) is 0 Å². The van der Waals surface area contributed by atoms with E-state index in [4.69, 9.17) is 4.98 Å². The molecule has 0 bridgehead atoms. The molecule has 0 spiro atoms. The summed E-state index contributed by atoms with van der Waals surface area (Å²) >= 11 is 0. The van der Waals surface area contributed by atoms with Crippen LogP contribution in [0.3, 0.4) is 0 Å². The molecule has 5 heterocycles. The molecule has 0 saturated carbocycles. The Kier molecular flexibility index (Phi) is 7.88. The number of nitrogens with zero attached hydrogens (tertiary/aromatic N) is 6. The largest absolute Gasteiger partial charge is 0.480 e. The average molecular weight is 631 g/mol. The number of imidazole rings is 1. The number of halogens is 3. The Labute approximate surface area is 250 Å². The topological polar surface area (TPSA) is 155 Å². The van der Waals surface area contributed by atoms with E-state index in [1.807, 2.05) is 0 Å². The van der Waals surface area contributed by atoms with Crippen molar-refractivity contribution in [1.82, 2.24) is 29.2 Å². The lowest BCUT2D eigenvalue weighted by Crippen LogP contribution is -2.43. The maximum Gasteiger partial charge on any atom is 0.416 e. The quantitative estimate of drug-likeness (QED) is 0.264. The maximum absolute atomic E-state index is 12.9. The van der Waals surface area contributed by atoms with E-state index < -0.39 is 38.7 Å². The van der Waals surface area contributed by atoms with Gasteiger partial charge in [-0.15, -0.1) is 0 Å². The Bertz CT molecular complexity index is 1790. The SMILES string of the molecule is O=C(O)[C@H](Cn1cnc2c(N3CCC(c4ccc5c(n4)NCCC5)CC3)ncnc21)NS(=O)(=O)c1ccc(C(F)(F)F)cc1. The number of carboxylic acid groups (broad SMARTS) is 1. The van der Waals surface area contributed by atoms with Gasteiger partial charge in [-0.05, 0) is 61.6 Å². The summed E-state index contributed by atoms with van der Waals surface area (Å²) in [4.78, 5) is 31.6. The first-order valence-electron chi connectivity index (χ1n) is 14.1. The summed E-state index contributed by atoms with van der Waals surface area (Å²) in [5, 5.41) is 13.2. The van der Waals surface area contributed by atoms with Gasteiger partial charge >= 0.3 is 12.1 Å². The fourth-order valence-electron chi connectivity index (χ4n) is 5.63. The van der Waals surface area contributed by atoms with Crippen LogP contribution in [0.1, 0.15) is 42.0 Å². The fourth-order valence-corrected chi connectivity index (χ4v) is 6.81. The number of aryl methyl sites for hydroxylation is 1. The second-order valence-corrected chi connectivity index (χ2v) is 12.6. The molecule has 44 heavy (non-hydrogen) atoms. The minimum absolute atomic E-state index is 0.296. The van der Waals surface area contributed by atoms with Gasteiger partial charge in [0.1, 0.15) is 18.2 Å². The van der Waals surface area contributed by atoms with Crippen molar-refractivity contribution in [2.45, 2.75) is 55.3 Å². The molecule has 3 aromatic heterocycles. The van der Waals surface area contributed by atoms with Gasteiger partial charge in [-0.25, -0.2) is 28.4 Å². The lowest BCUT2D eigenvalue weighted by Gasteiger charge is -2.33. The smallest absolute Gasteiger partial charge is 0.416 e. The van der Waals surface area contributed by atoms with E-state index in [2.05, 4.69) is 42.0 Å². The van der Waals surface area contributed by atoms with E-state index in [0.29, 0.717) is 48.1 Å². The lowest BCUT2D eigenvalue weighted by molar-refractivity contribution is -0.139. The van der Waals surface area contributed by atoms with Crippen molar-refractivity contribution in [3.05, 3.63) is 65.9 Å². The third-order valence-corrected chi connectivity index (χ3v) is 9.46. The third-order valence-electron chi connectivity index (χ3n) is 7.98. The van der Waals surface area contributed by atoms with E-state index in [9.17, 15) is 31.5 Å². The van der Waals surface area contributed by atoms with Crippen LogP contribution in [0, 0.1) is 0 Å². The van der Waals surface area contributed by atoms with Crippen LogP contribution in [-0.2, 0) is 34.0 Å². The second-order valence-electron chi connectivity index (χ2n) is 10.8. The standard InChI is InChI=1S/C28H29F3N8O4S/c29-28(30,31)19-4-6-20(7-5-19)44(42,43)37-22(27(40)41)14-39-16-35-23-25(33-15-34-26(23)39)38-12-9-17(10-13-38)21-8-3-18-2-1-11-32-24(18)36-21/h3-8,15-17,22,37H,1-2,9-14H2,(H,32,36)(H,40,41)/t22-/m0/s1. The Morgan fingerprint density at radius 3 is 2.55 bits per heavy atom. The Hall–Kier alpha value is -4.31. The minimum Gasteiger partial charge on any atom is -0.480 e. The van der Waals surface area contributed by atoms with Crippen molar-refractivity contribution in [2.75, 3.05) is 29.9 Å². The fraction of sp³-hybridized carbons (Fsp3) is 0.393. The molecule has 2 aliphatic heterocycles. The molecule has 16 heteroatoms. The molecule has 1 fully saturated rings. The predicted molar refractivity (Wildman–Crippen MR) is 154 cm³/mol. The number of rotatable bonds is 8. The maximum atomic E-state index is 12.9. The Morgan fingerprint density at radius 2 is 1.84 bits per heavy atom. The van der Waals surface area contributed by atoms with E-state index in [-0.39, 0.29) is 6.54 Å². The van der Waals surface area contributed by atoms with Gasteiger partial charge in [-0.1, -0.05) is 6.07 Å². The number of alkyl halides is 3. The molecule has 0 unspecified atom stereocenters. The number of benzene rings is 1. The van der Waals surface area contributed by atoms with Crippen LogP contribution in [-0.4, -0.2) is 69.7 Å². The monoisotopic (exact) mass is 630 g/mol. The zero-order chi connectivity index (χ0) is 31.1. The molecular formula is C28H29F3N8O4S. The van der Waals surface area contributed by atoms with Gasteiger partial charge in [0.05, 0.1) is 23.3 Å². The van der Waals surface area contributed by atoms with Gasteiger partial charge in [-0.2, -0.15) is 17.9 Å². The number of fused-ring (bicyclic) bond motifs is 2. The van der Waals surface area contributed by atoms with E-state index in [1.165, 1.54) is 22.8 Å². The highest BCUT2D eigenvalue weighted by atomic mass is 32.2. The third kappa shape index (κ3) is 6.04. The summed E-state index contributed by atoms with van der Waals surface area (Å²) in [6.07, 6.45) is 1.90. The van der Waals surface area contributed by atoms with Gasteiger partial charge in [0, 0.05) is 31.2 Å². The molecule has 4 aromatic rings. The lowest BCUT2D eigenvalue weighted by atomic mass is 9.92. The van der Waals surface area contributed by atoms with Gasteiger partial charge < -0.3 is 19.9 Å². The first-order chi connectivity index (χ1) is 21.0. The van der Waals surface area contributed by atoms with Crippen molar-refractivity contribution in [2.24, 2.45) is 0 Å². The summed E-state index contributed by atoms with van der Waals surface area (Å²) in [5.74, 6) is 0.374. The van der Waals surface area contributed by atoms with E-state index in [0.717, 1.165) is 55.9 Å². The number of sulfonamides is 1. The van der Waals surface area contributed by atoms with Crippen LogP contribution in [0.4, 0.5) is 24.8 Å². The van der Waals surface area contributed by atoms with Gasteiger partial charge in [-0.3, -0.25) is 4.79 Å². The second kappa shape index (κ2) is 11.6. The first-order valence-corrected chi connectivity index (χ1v) is 15.5. The van der Waals surface area contributed by atoms with E-state index >= 15 is 0 Å². The molecule has 3 N–H and O–H groups in total. The zero-order valence-corrected chi connectivity index (χ0v) is 24.1. The first kappa shape index (κ1) is 29.7.